The summed E-state index contributed by atoms with van der Waals surface area (Å²) < 4.78 is 0. The first kappa shape index (κ1) is 65.6. The average molecular weight is 1330 g/mol. The molecule has 0 saturated carbocycles. The first-order valence-corrected chi connectivity index (χ1v) is 40.8. The molecule has 0 N–H and O–H groups in total. The summed E-state index contributed by atoms with van der Waals surface area (Å²) in [6.07, 6.45) is 27.4. The number of benzene rings is 4. The molecule has 0 spiro atoms. The minimum absolute atomic E-state index is 0. The number of halogens is 2. The summed E-state index contributed by atoms with van der Waals surface area (Å²) in [5, 5.41) is 0. The number of hydrogen-bond donors (Lipinski definition) is 0. The van der Waals surface area contributed by atoms with E-state index in [1.807, 2.05) is 0 Å². The first-order chi connectivity index (χ1) is 32.3. The van der Waals surface area contributed by atoms with Gasteiger partial charge in [-0.3, -0.25) is 24.3 Å². The van der Waals surface area contributed by atoms with Gasteiger partial charge in [0.05, 0.1) is 0 Å². The molecule has 4 unspecified atom stereocenters. The zero-order valence-electron chi connectivity index (χ0n) is 45.4. The van der Waals surface area contributed by atoms with Crippen molar-refractivity contribution < 1.29 is 70.8 Å². The molecule has 8 rings (SSSR count). The summed E-state index contributed by atoms with van der Waals surface area (Å²) in [5.41, 5.74) is 22.5. The van der Waals surface area contributed by atoms with E-state index in [1.165, 1.54) is 135 Å². The van der Waals surface area contributed by atoms with Crippen molar-refractivity contribution in [1.82, 2.24) is 0 Å². The van der Waals surface area contributed by atoms with Crippen molar-refractivity contribution in [2.45, 2.75) is 135 Å². The van der Waals surface area contributed by atoms with Crippen molar-refractivity contribution in [3.8, 4) is 0 Å². The van der Waals surface area contributed by atoms with Gasteiger partial charge < -0.3 is 24.8 Å². The maximum atomic E-state index is 3.44. The van der Waals surface area contributed by atoms with E-state index < -0.39 is 0 Å². The van der Waals surface area contributed by atoms with Gasteiger partial charge >= 0.3 is 83.2 Å². The third-order valence-electron chi connectivity index (χ3n) is 11.8. The van der Waals surface area contributed by atoms with Crippen LogP contribution in [0.2, 0.25) is 26.2 Å². The Kier molecular flexibility index (Phi) is 32.0. The van der Waals surface area contributed by atoms with E-state index in [2.05, 4.69) is 255 Å². The topological polar surface area (TPSA) is 0 Å². The fraction of sp³-hybridized carbons (Fsp3) is 0.375. The van der Waals surface area contributed by atoms with E-state index in [0.29, 0.717) is 23.7 Å². The van der Waals surface area contributed by atoms with Crippen LogP contribution in [0.25, 0.3) is 22.3 Å². The van der Waals surface area contributed by atoms with Gasteiger partial charge in [-0.25, -0.2) is 22.3 Å². The Hall–Kier alpha value is -2.45. The monoisotopic (exact) mass is 1330 g/mol. The third-order valence-corrected chi connectivity index (χ3v) is 11.8. The molecule has 70 heavy (non-hydrogen) atoms. The molecule has 368 valence electrons. The molecule has 0 nitrogen and oxygen atoms in total. The number of allylic oxidation sites excluding steroid dienone is 16. The van der Waals surface area contributed by atoms with Crippen molar-refractivity contribution in [3.05, 3.63) is 212 Å². The molecule has 6 heteroatoms. The second kappa shape index (κ2) is 34.1. The Bertz CT molecular complexity index is 2240. The van der Waals surface area contributed by atoms with Crippen LogP contribution in [0.4, 0.5) is 0 Å². The first-order valence-electron chi connectivity index (χ1n) is 25.0. The van der Waals surface area contributed by atoms with Crippen LogP contribution in [0.15, 0.2) is 144 Å². The normalized spacial score (nSPS) is 18.0. The van der Waals surface area contributed by atoms with Gasteiger partial charge in [0, 0.05) is 0 Å². The van der Waals surface area contributed by atoms with E-state index in [1.54, 1.807) is 0 Å². The van der Waals surface area contributed by atoms with Crippen molar-refractivity contribution in [1.29, 1.82) is 0 Å². The molecule has 0 amide bonds. The largest absolute Gasteiger partial charge is 1.00 e. The molecule has 4 aliphatic carbocycles. The van der Waals surface area contributed by atoms with Crippen molar-refractivity contribution in [2.75, 3.05) is 0 Å². The predicted molar refractivity (Wildman–Crippen MR) is 297 cm³/mol. The molecule has 4 aliphatic rings. The Morgan fingerprint density at radius 2 is 0.514 bits per heavy atom. The molecule has 0 saturated heterocycles. The molecule has 4 aromatic carbocycles. The Balaban J connectivity index is 0.000000439. The van der Waals surface area contributed by atoms with E-state index in [-0.39, 0.29) is 35.8 Å². The van der Waals surface area contributed by atoms with E-state index in [4.69, 9.17) is 0 Å². The average Bonchev–Trinajstić information content (AvgIpc) is 4.05. The van der Waals surface area contributed by atoms with Crippen LogP contribution in [0.3, 0.4) is 0 Å². The van der Waals surface area contributed by atoms with Gasteiger partial charge in [-0.1, -0.05) is 248 Å². The van der Waals surface area contributed by atoms with Gasteiger partial charge in [0.2, 0.25) is 0 Å². The van der Waals surface area contributed by atoms with Crippen LogP contribution in [0, 0.1) is 48.0 Å². The minimum atomic E-state index is 0. The zero-order chi connectivity index (χ0) is 50.5. The number of hydrogen-bond acceptors (Lipinski definition) is 0. The Labute approximate surface area is 470 Å². The standard InChI is InChI=1S/4C15H17.2C2H6Si.2ClH.2Hf/c4*1-4-13-7-5-6-8-14(13)15-10-11(2)9-12(15)3;2*1-3-2;;;;/h4*5-8,10-11H,4H2,1-3H3;2*1-2H3;2*1H;;/q4*-1;;;;;2*+2/p-2. The van der Waals surface area contributed by atoms with Crippen LogP contribution in [0.5, 0.6) is 0 Å². The molecule has 0 aliphatic heterocycles. The maximum Gasteiger partial charge on any atom is -1.00 e. The quantitative estimate of drug-likeness (QED) is 0.122. The van der Waals surface area contributed by atoms with Gasteiger partial charge in [0.15, 0.2) is 0 Å². The van der Waals surface area contributed by atoms with Crippen LogP contribution in [0.1, 0.15) is 128 Å². The van der Waals surface area contributed by atoms with Crippen LogP contribution in [-0.4, -0.2) is 11.0 Å². The van der Waals surface area contributed by atoms with Crippen molar-refractivity contribution in [3.63, 3.8) is 0 Å². The van der Waals surface area contributed by atoms with Crippen LogP contribution in [-0.2, 0) is 71.7 Å². The molecule has 4 aromatic rings. The minimum Gasteiger partial charge on any atom is -1.00 e. The summed E-state index contributed by atoms with van der Waals surface area (Å²) in [6, 6.07) is 34.7. The van der Waals surface area contributed by atoms with Gasteiger partial charge in [0.1, 0.15) is 0 Å². The molecule has 0 bridgehead atoms. The van der Waals surface area contributed by atoms with Gasteiger partial charge in [-0.05, 0) is 25.7 Å². The van der Waals surface area contributed by atoms with Crippen molar-refractivity contribution >= 4 is 33.3 Å². The molecular weight excluding hydrogens is 1250 g/mol. The van der Waals surface area contributed by atoms with Crippen LogP contribution >= 0.6 is 0 Å². The molecule has 0 aromatic heterocycles. The molecule has 0 heterocycles. The molecule has 0 radical (unpaired) electrons. The summed E-state index contributed by atoms with van der Waals surface area (Å²) in [6.45, 7) is 35.5. The fourth-order valence-electron chi connectivity index (χ4n) is 8.88. The summed E-state index contributed by atoms with van der Waals surface area (Å²) in [4.78, 5) is 0. The summed E-state index contributed by atoms with van der Waals surface area (Å²) in [5.74, 6) is 1.85. The second-order valence-electron chi connectivity index (χ2n) is 18.6. The smallest absolute Gasteiger partial charge is 1.00 e. The Morgan fingerprint density at radius 3 is 0.643 bits per heavy atom. The van der Waals surface area contributed by atoms with E-state index in [9.17, 15) is 0 Å². The van der Waals surface area contributed by atoms with Crippen molar-refractivity contribution in [2.24, 2.45) is 23.7 Å². The molecule has 4 atom stereocenters. The van der Waals surface area contributed by atoms with Gasteiger partial charge in [0.25, 0.3) is 0 Å². The zero-order valence-corrected chi connectivity index (χ0v) is 56.1. The summed E-state index contributed by atoms with van der Waals surface area (Å²) >= 11 is 2.90. The van der Waals surface area contributed by atoms with Gasteiger partial charge in [-0.15, -0.1) is 0 Å². The van der Waals surface area contributed by atoms with Crippen LogP contribution < -0.4 is 24.8 Å². The van der Waals surface area contributed by atoms with Gasteiger partial charge in [-0.2, -0.15) is 46.6 Å². The maximum absolute atomic E-state index is 3.44. The SMILES string of the molecule is CCc1ccccc1C1=CC(C)[C-]=C1C.CCc1ccccc1C1=CC(C)[C-]=C1C.CCc1ccccc1C1=CC(C)[C-]=C1C.CCc1ccccc1C1=CC(C)[C-]=C1C.C[Si](C)=[Hf+2].C[Si](C)=[Hf+2].[Cl-].[Cl-]. The summed E-state index contributed by atoms with van der Waals surface area (Å²) in [7, 11) is 0. The van der Waals surface area contributed by atoms with E-state index in [0.717, 1.165) is 25.7 Å². The van der Waals surface area contributed by atoms with E-state index >= 15 is 0 Å². The third kappa shape index (κ3) is 21.2. The number of aryl methyl sites for hydroxylation is 4. The predicted octanol–water partition coefficient (Wildman–Crippen LogP) is 11.7. The molecule has 0 fully saturated rings. The number of rotatable bonds is 8. The fourth-order valence-corrected chi connectivity index (χ4v) is 8.88. The molecular formula is C64H80Cl2Hf2Si2-2. The second-order valence-corrected chi connectivity index (χ2v) is 44.2. The Morgan fingerprint density at radius 1 is 0.357 bits per heavy atom.